The van der Waals surface area contributed by atoms with Crippen molar-refractivity contribution in [2.45, 2.75) is 0 Å². The highest BCUT2D eigenvalue weighted by Crippen LogP contribution is 2.30. The van der Waals surface area contributed by atoms with Crippen molar-refractivity contribution < 1.29 is 9.72 Å². The predicted octanol–water partition coefficient (Wildman–Crippen LogP) is 5.10. The van der Waals surface area contributed by atoms with E-state index in [4.69, 9.17) is 34.8 Å². The number of anilines is 1. The number of benzene rings is 2. The number of amides is 1. The van der Waals surface area contributed by atoms with Crippen molar-refractivity contribution in [3.63, 3.8) is 0 Å². The highest BCUT2D eigenvalue weighted by molar-refractivity contribution is 6.44. The lowest BCUT2D eigenvalue weighted by atomic mass is 10.1. The van der Waals surface area contributed by atoms with E-state index in [-0.39, 0.29) is 37.6 Å². The summed E-state index contributed by atoms with van der Waals surface area (Å²) in [6.45, 7) is 0. The number of nitrogens with one attached hydrogen (secondary N) is 1. The quantitative estimate of drug-likeness (QED) is 0.336. The second-order valence-corrected chi connectivity index (χ2v) is 5.88. The van der Waals surface area contributed by atoms with E-state index >= 15 is 0 Å². The van der Waals surface area contributed by atoms with Gasteiger partial charge in [-0.25, -0.2) is 0 Å². The Kier molecular flexibility index (Phi) is 5.99. The lowest BCUT2D eigenvalue weighted by Crippen LogP contribution is -2.13. The van der Waals surface area contributed by atoms with Crippen LogP contribution < -0.4 is 5.32 Å². The standard InChI is InChI=1S/C16H8Cl3N3O3/c17-12-5-4-11(22(24)25)7-9(12)6-10(8-20)16(23)21-14-3-1-2-13(18)15(14)19/h1-7H,(H,21,23)/b10-6+. The third-order valence-electron chi connectivity index (χ3n) is 3.06. The van der Waals surface area contributed by atoms with E-state index in [2.05, 4.69) is 5.32 Å². The zero-order valence-electron chi connectivity index (χ0n) is 12.3. The van der Waals surface area contributed by atoms with E-state index in [1.54, 1.807) is 18.2 Å². The maximum atomic E-state index is 12.3. The average Bonchev–Trinajstić information content (AvgIpc) is 2.57. The first-order chi connectivity index (χ1) is 11.8. The number of nitrogens with zero attached hydrogens (tertiary/aromatic N) is 2. The van der Waals surface area contributed by atoms with Crippen LogP contribution >= 0.6 is 34.8 Å². The molecule has 1 amide bonds. The van der Waals surface area contributed by atoms with Crippen molar-refractivity contribution in [2.75, 3.05) is 5.32 Å². The third-order valence-corrected chi connectivity index (χ3v) is 4.22. The minimum Gasteiger partial charge on any atom is -0.320 e. The second-order valence-electron chi connectivity index (χ2n) is 4.69. The van der Waals surface area contributed by atoms with Gasteiger partial charge in [-0.2, -0.15) is 5.26 Å². The first-order valence-corrected chi connectivity index (χ1v) is 7.78. The van der Waals surface area contributed by atoms with Crippen LogP contribution in [0.15, 0.2) is 42.0 Å². The summed E-state index contributed by atoms with van der Waals surface area (Å²) in [6, 6.07) is 10.1. The van der Waals surface area contributed by atoms with Crippen molar-refractivity contribution in [1.29, 1.82) is 5.26 Å². The molecular formula is C16H8Cl3N3O3. The number of non-ortho nitro benzene ring substituents is 1. The molecule has 2 aromatic rings. The lowest BCUT2D eigenvalue weighted by molar-refractivity contribution is -0.384. The molecule has 9 heteroatoms. The topological polar surface area (TPSA) is 96.0 Å². The SMILES string of the molecule is N#C/C(=C\c1cc([N+](=O)[O-])ccc1Cl)C(=O)Nc1cccc(Cl)c1Cl. The Morgan fingerprint density at radius 3 is 2.56 bits per heavy atom. The molecule has 0 unspecified atom stereocenters. The van der Waals surface area contributed by atoms with Crippen LogP contribution in [0.25, 0.3) is 6.08 Å². The third kappa shape index (κ3) is 4.48. The summed E-state index contributed by atoms with van der Waals surface area (Å²) >= 11 is 17.8. The van der Waals surface area contributed by atoms with E-state index in [1.165, 1.54) is 24.3 Å². The molecule has 0 aliphatic rings. The summed E-state index contributed by atoms with van der Waals surface area (Å²) in [5.41, 5.74) is -0.130. The Bertz CT molecular complexity index is 936. The Labute approximate surface area is 157 Å². The highest BCUT2D eigenvalue weighted by atomic mass is 35.5. The summed E-state index contributed by atoms with van der Waals surface area (Å²) in [5.74, 6) is -0.755. The van der Waals surface area contributed by atoms with Gasteiger partial charge in [0.15, 0.2) is 0 Å². The van der Waals surface area contributed by atoms with Crippen molar-refractivity contribution in [2.24, 2.45) is 0 Å². The van der Waals surface area contributed by atoms with Crippen LogP contribution in [0.1, 0.15) is 5.56 Å². The molecular weight excluding hydrogens is 389 g/mol. The molecule has 0 atom stereocenters. The van der Waals surface area contributed by atoms with Gasteiger partial charge in [-0.3, -0.25) is 14.9 Å². The molecule has 2 aromatic carbocycles. The van der Waals surface area contributed by atoms with Crippen LogP contribution in [-0.4, -0.2) is 10.8 Å². The van der Waals surface area contributed by atoms with Gasteiger partial charge >= 0.3 is 0 Å². The monoisotopic (exact) mass is 395 g/mol. The van der Waals surface area contributed by atoms with E-state index < -0.39 is 10.8 Å². The molecule has 0 spiro atoms. The number of nitriles is 1. The van der Waals surface area contributed by atoms with E-state index in [0.29, 0.717) is 0 Å². The maximum absolute atomic E-state index is 12.3. The largest absolute Gasteiger partial charge is 0.320 e. The molecule has 126 valence electrons. The van der Waals surface area contributed by atoms with Crippen LogP contribution in [-0.2, 0) is 4.79 Å². The summed E-state index contributed by atoms with van der Waals surface area (Å²) in [5, 5.41) is 23.0. The Morgan fingerprint density at radius 1 is 1.20 bits per heavy atom. The fourth-order valence-corrected chi connectivity index (χ4v) is 2.37. The molecule has 2 rings (SSSR count). The number of halogens is 3. The molecule has 0 saturated carbocycles. The Morgan fingerprint density at radius 2 is 1.92 bits per heavy atom. The van der Waals surface area contributed by atoms with Gasteiger partial charge in [0.1, 0.15) is 11.6 Å². The van der Waals surface area contributed by atoms with Crippen LogP contribution in [0.3, 0.4) is 0 Å². The number of hydrogen-bond donors (Lipinski definition) is 1. The summed E-state index contributed by atoms with van der Waals surface area (Å²) in [7, 11) is 0. The van der Waals surface area contributed by atoms with Gasteiger partial charge in [0.05, 0.1) is 20.7 Å². The summed E-state index contributed by atoms with van der Waals surface area (Å²) in [4.78, 5) is 22.5. The van der Waals surface area contributed by atoms with Gasteiger partial charge in [-0.15, -0.1) is 0 Å². The average molecular weight is 397 g/mol. The molecule has 6 nitrogen and oxygen atoms in total. The normalized spacial score (nSPS) is 10.9. The number of nitro benzene ring substituents is 1. The minimum atomic E-state index is -0.755. The summed E-state index contributed by atoms with van der Waals surface area (Å²) < 4.78 is 0. The van der Waals surface area contributed by atoms with Gasteiger partial charge in [-0.1, -0.05) is 40.9 Å². The molecule has 0 radical (unpaired) electrons. The molecule has 0 fully saturated rings. The lowest BCUT2D eigenvalue weighted by Gasteiger charge is -2.07. The van der Waals surface area contributed by atoms with Gasteiger partial charge in [-0.05, 0) is 24.3 Å². The number of nitro groups is 1. The first-order valence-electron chi connectivity index (χ1n) is 6.64. The maximum Gasteiger partial charge on any atom is 0.270 e. The van der Waals surface area contributed by atoms with E-state index in [1.807, 2.05) is 0 Å². The Hall–Kier alpha value is -2.59. The fourth-order valence-electron chi connectivity index (χ4n) is 1.85. The Balaban J connectivity index is 2.36. The number of carbonyl (C=O) groups is 1. The molecule has 0 saturated heterocycles. The number of hydrogen-bond acceptors (Lipinski definition) is 4. The number of carbonyl (C=O) groups excluding carboxylic acids is 1. The van der Waals surface area contributed by atoms with E-state index in [9.17, 15) is 20.2 Å². The highest BCUT2D eigenvalue weighted by Gasteiger charge is 2.15. The van der Waals surface area contributed by atoms with Crippen molar-refractivity contribution >= 4 is 58.2 Å². The second kappa shape index (κ2) is 7.99. The zero-order valence-corrected chi connectivity index (χ0v) is 14.6. The van der Waals surface area contributed by atoms with Gasteiger partial charge in [0.2, 0.25) is 0 Å². The minimum absolute atomic E-state index is 0.128. The number of rotatable bonds is 4. The van der Waals surface area contributed by atoms with Gasteiger partial charge in [0.25, 0.3) is 11.6 Å². The molecule has 0 aliphatic heterocycles. The van der Waals surface area contributed by atoms with Crippen LogP contribution in [0, 0.1) is 21.4 Å². The fraction of sp³-hybridized carbons (Fsp3) is 0. The van der Waals surface area contributed by atoms with Crippen molar-refractivity contribution in [3.8, 4) is 6.07 Å². The van der Waals surface area contributed by atoms with Crippen molar-refractivity contribution in [1.82, 2.24) is 0 Å². The molecule has 1 N–H and O–H groups in total. The van der Waals surface area contributed by atoms with Crippen molar-refractivity contribution in [3.05, 3.63) is 72.7 Å². The van der Waals surface area contributed by atoms with Crippen LogP contribution in [0.5, 0.6) is 0 Å². The smallest absolute Gasteiger partial charge is 0.270 e. The van der Waals surface area contributed by atoms with Gasteiger partial charge < -0.3 is 5.32 Å². The van der Waals surface area contributed by atoms with Gasteiger partial charge in [0, 0.05) is 22.7 Å². The molecule has 0 aromatic heterocycles. The van der Waals surface area contributed by atoms with Crippen LogP contribution in [0.2, 0.25) is 15.1 Å². The molecule has 0 heterocycles. The molecule has 25 heavy (non-hydrogen) atoms. The first kappa shape index (κ1) is 18.7. The molecule has 0 aliphatic carbocycles. The van der Waals surface area contributed by atoms with Crippen LogP contribution in [0.4, 0.5) is 11.4 Å². The van der Waals surface area contributed by atoms with E-state index in [0.717, 1.165) is 6.08 Å². The summed E-state index contributed by atoms with van der Waals surface area (Å²) in [6.07, 6.45) is 1.16. The zero-order chi connectivity index (χ0) is 18.6. The predicted molar refractivity (Wildman–Crippen MR) is 96.8 cm³/mol. The molecule has 0 bridgehead atoms.